The Hall–Kier alpha value is -2.85. The number of amides is 1. The summed E-state index contributed by atoms with van der Waals surface area (Å²) in [7, 11) is 0. The second-order valence-corrected chi connectivity index (χ2v) is 5.95. The third-order valence-corrected chi connectivity index (χ3v) is 3.86. The third-order valence-electron chi connectivity index (χ3n) is 3.67. The molecule has 25 heavy (non-hydrogen) atoms. The van der Waals surface area contributed by atoms with Gasteiger partial charge in [-0.05, 0) is 17.2 Å². The molecule has 0 unspecified atom stereocenters. The van der Waals surface area contributed by atoms with E-state index in [9.17, 15) is 4.79 Å². The highest BCUT2D eigenvalue weighted by Gasteiger charge is 2.11. The molecule has 4 nitrogen and oxygen atoms in total. The smallest absolute Gasteiger partial charge is 0.251 e. The van der Waals surface area contributed by atoms with Crippen LogP contribution >= 0.6 is 11.6 Å². The van der Waals surface area contributed by atoms with Crippen molar-refractivity contribution in [2.75, 3.05) is 6.54 Å². The Balaban J connectivity index is 1.74. The molecule has 0 saturated carbocycles. The molecule has 5 heteroatoms. The molecule has 0 atom stereocenters. The van der Waals surface area contributed by atoms with Crippen molar-refractivity contribution < 1.29 is 4.79 Å². The van der Waals surface area contributed by atoms with Crippen molar-refractivity contribution in [1.82, 2.24) is 15.1 Å². The van der Waals surface area contributed by atoms with Gasteiger partial charge in [0.2, 0.25) is 0 Å². The molecule has 3 rings (SSSR count). The standard InChI is InChI=1S/C20H18ClN3O/c21-18-14-23-24(15-18)12-11-22-20(25)19(17-9-5-2-6-10-17)13-16-7-3-1-4-8-16/h1-10,13-15H,11-12H2,(H,22,25)/b19-13-. The van der Waals surface area contributed by atoms with Gasteiger partial charge in [-0.1, -0.05) is 72.3 Å². The molecule has 1 amide bonds. The molecule has 0 saturated heterocycles. The van der Waals surface area contributed by atoms with Crippen LogP contribution in [0.3, 0.4) is 0 Å². The second-order valence-electron chi connectivity index (χ2n) is 5.51. The lowest BCUT2D eigenvalue weighted by Gasteiger charge is -2.10. The Bertz CT molecular complexity index is 857. The number of nitrogens with zero attached hydrogens (tertiary/aromatic N) is 2. The summed E-state index contributed by atoms with van der Waals surface area (Å²) in [6.07, 6.45) is 5.20. The zero-order chi connectivity index (χ0) is 17.5. The highest BCUT2D eigenvalue weighted by molar-refractivity contribution is 6.30. The highest BCUT2D eigenvalue weighted by Crippen LogP contribution is 2.18. The van der Waals surface area contributed by atoms with Gasteiger partial charge in [0.25, 0.3) is 5.91 Å². The first-order valence-electron chi connectivity index (χ1n) is 8.01. The van der Waals surface area contributed by atoms with E-state index >= 15 is 0 Å². The lowest BCUT2D eigenvalue weighted by atomic mass is 10.0. The lowest BCUT2D eigenvalue weighted by molar-refractivity contribution is -0.115. The van der Waals surface area contributed by atoms with Gasteiger partial charge in [-0.3, -0.25) is 9.48 Å². The summed E-state index contributed by atoms with van der Waals surface area (Å²) in [4.78, 5) is 12.7. The van der Waals surface area contributed by atoms with Gasteiger partial charge in [0.1, 0.15) is 0 Å². The molecule has 0 aliphatic heterocycles. The summed E-state index contributed by atoms with van der Waals surface area (Å²) < 4.78 is 1.70. The third kappa shape index (κ3) is 4.81. The number of aromatic nitrogens is 2. The molecule has 0 fully saturated rings. The summed E-state index contributed by atoms with van der Waals surface area (Å²) in [6, 6.07) is 19.5. The van der Waals surface area contributed by atoms with Gasteiger partial charge >= 0.3 is 0 Å². The van der Waals surface area contributed by atoms with Crippen molar-refractivity contribution in [2.45, 2.75) is 6.54 Å². The lowest BCUT2D eigenvalue weighted by Crippen LogP contribution is -2.28. The monoisotopic (exact) mass is 351 g/mol. The number of benzene rings is 2. The molecule has 1 N–H and O–H groups in total. The van der Waals surface area contributed by atoms with E-state index in [1.165, 1.54) is 0 Å². The van der Waals surface area contributed by atoms with E-state index < -0.39 is 0 Å². The van der Waals surface area contributed by atoms with Crippen molar-refractivity contribution in [1.29, 1.82) is 0 Å². The number of hydrogen-bond donors (Lipinski definition) is 1. The zero-order valence-corrected chi connectivity index (χ0v) is 14.4. The number of halogens is 1. The molecule has 0 bridgehead atoms. The molecule has 0 radical (unpaired) electrons. The fraction of sp³-hybridized carbons (Fsp3) is 0.100. The largest absolute Gasteiger partial charge is 0.350 e. The van der Waals surface area contributed by atoms with E-state index in [0.29, 0.717) is 23.7 Å². The van der Waals surface area contributed by atoms with Crippen LogP contribution in [0.25, 0.3) is 11.6 Å². The van der Waals surface area contributed by atoms with Crippen molar-refractivity contribution in [2.24, 2.45) is 0 Å². The quantitative estimate of drug-likeness (QED) is 0.541. The van der Waals surface area contributed by atoms with Gasteiger partial charge in [-0.25, -0.2) is 0 Å². The van der Waals surface area contributed by atoms with Gasteiger partial charge in [0, 0.05) is 18.3 Å². The zero-order valence-electron chi connectivity index (χ0n) is 13.6. The van der Waals surface area contributed by atoms with E-state index in [0.717, 1.165) is 11.1 Å². The van der Waals surface area contributed by atoms with E-state index in [4.69, 9.17) is 11.6 Å². The van der Waals surface area contributed by atoms with Crippen LogP contribution in [0.4, 0.5) is 0 Å². The van der Waals surface area contributed by atoms with Gasteiger partial charge < -0.3 is 5.32 Å². The molecule has 3 aromatic rings. The van der Waals surface area contributed by atoms with E-state index in [-0.39, 0.29) is 5.91 Å². The van der Waals surface area contributed by atoms with E-state index in [1.807, 2.05) is 66.7 Å². The van der Waals surface area contributed by atoms with Crippen LogP contribution in [0.1, 0.15) is 11.1 Å². The van der Waals surface area contributed by atoms with Crippen LogP contribution in [0.15, 0.2) is 73.1 Å². The minimum absolute atomic E-state index is 0.117. The van der Waals surface area contributed by atoms with E-state index in [2.05, 4.69) is 10.4 Å². The summed E-state index contributed by atoms with van der Waals surface area (Å²) >= 11 is 5.84. The SMILES string of the molecule is O=C(NCCn1cc(Cl)cn1)/C(=C\c1ccccc1)c1ccccc1. The Kier molecular flexibility index (Phi) is 5.65. The molecular weight excluding hydrogens is 334 g/mol. The maximum atomic E-state index is 12.7. The van der Waals surface area contributed by atoms with Gasteiger partial charge in [0.15, 0.2) is 0 Å². The Morgan fingerprint density at radius 3 is 2.40 bits per heavy atom. The van der Waals surface area contributed by atoms with E-state index in [1.54, 1.807) is 17.1 Å². The predicted octanol–water partition coefficient (Wildman–Crippen LogP) is 3.89. The summed E-state index contributed by atoms with van der Waals surface area (Å²) in [5, 5.41) is 7.63. The Morgan fingerprint density at radius 1 is 1.08 bits per heavy atom. The number of carbonyl (C=O) groups excluding carboxylic acids is 1. The van der Waals surface area contributed by atoms with Crippen molar-refractivity contribution in [3.05, 3.63) is 89.2 Å². The van der Waals surface area contributed by atoms with Crippen LogP contribution in [-0.4, -0.2) is 22.2 Å². The first kappa shape index (κ1) is 17.0. The van der Waals surface area contributed by atoms with Gasteiger partial charge in [0.05, 0.1) is 17.8 Å². The first-order valence-corrected chi connectivity index (χ1v) is 8.38. The first-order chi connectivity index (χ1) is 12.2. The molecule has 1 heterocycles. The number of rotatable bonds is 6. The Morgan fingerprint density at radius 2 is 1.76 bits per heavy atom. The normalized spacial score (nSPS) is 11.3. The van der Waals surface area contributed by atoms with Crippen LogP contribution in [0.2, 0.25) is 5.02 Å². The predicted molar refractivity (Wildman–Crippen MR) is 101 cm³/mol. The van der Waals surface area contributed by atoms with Gasteiger partial charge in [-0.15, -0.1) is 0 Å². The number of nitrogens with one attached hydrogen (secondary N) is 1. The van der Waals surface area contributed by atoms with Crippen LogP contribution in [0, 0.1) is 0 Å². The average Bonchev–Trinajstić information content (AvgIpc) is 3.06. The van der Waals surface area contributed by atoms with Gasteiger partial charge in [-0.2, -0.15) is 5.10 Å². The number of hydrogen-bond acceptors (Lipinski definition) is 2. The number of carbonyl (C=O) groups is 1. The minimum Gasteiger partial charge on any atom is -0.350 e. The second kappa shape index (κ2) is 8.31. The molecule has 0 spiro atoms. The molecular formula is C20H18ClN3O. The highest BCUT2D eigenvalue weighted by atomic mass is 35.5. The maximum absolute atomic E-state index is 12.7. The van der Waals surface area contributed by atoms with Crippen LogP contribution in [0.5, 0.6) is 0 Å². The van der Waals surface area contributed by atoms with Crippen molar-refractivity contribution in [3.8, 4) is 0 Å². The summed E-state index contributed by atoms with van der Waals surface area (Å²) in [6.45, 7) is 1.03. The Labute approximate surface area is 151 Å². The molecule has 0 aliphatic rings. The molecule has 2 aromatic carbocycles. The average molecular weight is 352 g/mol. The minimum atomic E-state index is -0.117. The van der Waals surface area contributed by atoms with Crippen molar-refractivity contribution in [3.63, 3.8) is 0 Å². The molecule has 0 aliphatic carbocycles. The maximum Gasteiger partial charge on any atom is 0.251 e. The molecule has 1 aromatic heterocycles. The van der Waals surface area contributed by atoms with Crippen molar-refractivity contribution >= 4 is 29.2 Å². The molecule has 126 valence electrons. The summed E-state index contributed by atoms with van der Waals surface area (Å²) in [5.74, 6) is -0.117. The fourth-order valence-corrected chi connectivity index (χ4v) is 2.61. The summed E-state index contributed by atoms with van der Waals surface area (Å²) in [5.41, 5.74) is 2.49. The van der Waals surface area contributed by atoms with Crippen LogP contribution in [-0.2, 0) is 11.3 Å². The van der Waals surface area contributed by atoms with Crippen LogP contribution < -0.4 is 5.32 Å². The topological polar surface area (TPSA) is 46.9 Å². The fourth-order valence-electron chi connectivity index (χ4n) is 2.45.